The minimum absolute atomic E-state index is 0.0826. The molecule has 1 aliphatic heterocycles. The van der Waals surface area contributed by atoms with Crippen molar-refractivity contribution in [2.24, 2.45) is 0 Å². The van der Waals surface area contributed by atoms with E-state index < -0.39 is 11.7 Å². The van der Waals surface area contributed by atoms with Crippen LogP contribution < -0.4 is 0 Å². The lowest BCUT2D eigenvalue weighted by Gasteiger charge is -2.31. The second-order valence-corrected chi connectivity index (χ2v) is 10.1. The van der Waals surface area contributed by atoms with Crippen molar-refractivity contribution in [2.75, 3.05) is 13.1 Å². The molecule has 1 fully saturated rings. The van der Waals surface area contributed by atoms with Gasteiger partial charge in [0, 0.05) is 25.2 Å². The van der Waals surface area contributed by atoms with Crippen LogP contribution in [-0.4, -0.2) is 43.6 Å². The lowest BCUT2D eigenvalue weighted by molar-refractivity contribution is -0.137. The SMILES string of the molecule is CC(C)c1c(C(=O)N2CCC(c3nc4ccccc4s3)CC2)cnn1-c1ccc(C(F)(F)F)cn1. The van der Waals surface area contributed by atoms with E-state index in [1.54, 1.807) is 11.3 Å². The summed E-state index contributed by atoms with van der Waals surface area (Å²) in [6.07, 6.45) is -0.518. The van der Waals surface area contributed by atoms with Gasteiger partial charge in [0.15, 0.2) is 5.82 Å². The molecule has 35 heavy (non-hydrogen) atoms. The van der Waals surface area contributed by atoms with E-state index in [0.717, 1.165) is 35.6 Å². The van der Waals surface area contributed by atoms with Gasteiger partial charge < -0.3 is 4.90 Å². The maximum Gasteiger partial charge on any atom is 0.417 e. The first kappa shape index (κ1) is 23.5. The summed E-state index contributed by atoms with van der Waals surface area (Å²) in [6.45, 7) is 5.07. The van der Waals surface area contributed by atoms with Gasteiger partial charge in [-0.1, -0.05) is 26.0 Å². The summed E-state index contributed by atoms with van der Waals surface area (Å²) in [7, 11) is 0. The van der Waals surface area contributed by atoms with Crippen molar-refractivity contribution in [3.05, 3.63) is 70.6 Å². The Morgan fingerprint density at radius 3 is 2.46 bits per heavy atom. The number of benzene rings is 1. The van der Waals surface area contributed by atoms with Crippen LogP contribution in [0.4, 0.5) is 13.2 Å². The molecule has 0 spiro atoms. The van der Waals surface area contributed by atoms with Crippen LogP contribution in [0.2, 0.25) is 0 Å². The monoisotopic (exact) mass is 499 g/mol. The quantitative estimate of drug-likeness (QED) is 0.344. The van der Waals surface area contributed by atoms with E-state index in [1.165, 1.54) is 21.6 Å². The number of carbonyl (C=O) groups excluding carboxylic acids is 1. The number of piperidine rings is 1. The normalized spacial score (nSPS) is 15.3. The molecule has 4 aromatic rings. The summed E-state index contributed by atoms with van der Waals surface area (Å²) in [6, 6.07) is 10.3. The molecule has 1 aromatic carbocycles. The van der Waals surface area contributed by atoms with Crippen molar-refractivity contribution >= 4 is 27.5 Å². The number of amides is 1. The van der Waals surface area contributed by atoms with E-state index in [9.17, 15) is 18.0 Å². The van der Waals surface area contributed by atoms with E-state index >= 15 is 0 Å². The Labute approximate surface area is 204 Å². The Morgan fingerprint density at radius 2 is 1.83 bits per heavy atom. The first-order valence-corrected chi connectivity index (χ1v) is 12.3. The molecule has 1 saturated heterocycles. The average Bonchev–Trinajstić information content (AvgIpc) is 3.48. The van der Waals surface area contributed by atoms with Gasteiger partial charge >= 0.3 is 6.18 Å². The second-order valence-electron chi connectivity index (χ2n) is 9.00. The molecule has 0 aliphatic carbocycles. The molecule has 3 aromatic heterocycles. The summed E-state index contributed by atoms with van der Waals surface area (Å²) in [5, 5.41) is 5.43. The molecule has 182 valence electrons. The lowest BCUT2D eigenvalue weighted by Crippen LogP contribution is -2.38. The Hall–Kier alpha value is -3.27. The zero-order chi connectivity index (χ0) is 24.7. The maximum atomic E-state index is 13.4. The zero-order valence-electron chi connectivity index (χ0n) is 19.3. The van der Waals surface area contributed by atoms with Crippen LogP contribution in [0.15, 0.2) is 48.8 Å². The number of aromatic nitrogens is 4. The number of hydrogen-bond acceptors (Lipinski definition) is 5. The summed E-state index contributed by atoms with van der Waals surface area (Å²) in [4.78, 5) is 24.0. The predicted molar refractivity (Wildman–Crippen MR) is 128 cm³/mol. The molecule has 1 aliphatic rings. The van der Waals surface area contributed by atoms with Crippen LogP contribution in [-0.2, 0) is 6.18 Å². The number of para-hydroxylation sites is 1. The van der Waals surface area contributed by atoms with E-state index in [4.69, 9.17) is 4.98 Å². The van der Waals surface area contributed by atoms with Gasteiger partial charge in [-0.25, -0.2) is 14.6 Å². The zero-order valence-corrected chi connectivity index (χ0v) is 20.1. The number of fused-ring (bicyclic) bond motifs is 1. The summed E-state index contributed by atoms with van der Waals surface area (Å²) >= 11 is 1.71. The molecule has 6 nitrogen and oxygen atoms in total. The summed E-state index contributed by atoms with van der Waals surface area (Å²) in [5.41, 5.74) is 1.28. The minimum Gasteiger partial charge on any atom is -0.338 e. The van der Waals surface area contributed by atoms with E-state index in [0.29, 0.717) is 30.3 Å². The third kappa shape index (κ3) is 4.54. The number of halogens is 3. The highest BCUT2D eigenvalue weighted by atomic mass is 32.1. The molecule has 0 saturated carbocycles. The molecule has 10 heteroatoms. The molecule has 0 unspecified atom stereocenters. The van der Waals surface area contributed by atoms with Gasteiger partial charge in [0.1, 0.15) is 0 Å². The number of alkyl halides is 3. The molecule has 0 radical (unpaired) electrons. The van der Waals surface area contributed by atoms with Crippen LogP contribution in [0.3, 0.4) is 0 Å². The van der Waals surface area contributed by atoms with Crippen molar-refractivity contribution in [3.8, 4) is 5.82 Å². The predicted octanol–water partition coefficient (Wildman–Crippen LogP) is 6.04. The van der Waals surface area contributed by atoms with Crippen LogP contribution in [0.25, 0.3) is 16.0 Å². The van der Waals surface area contributed by atoms with Gasteiger partial charge in [0.25, 0.3) is 5.91 Å². The molecule has 1 amide bonds. The Morgan fingerprint density at radius 1 is 1.09 bits per heavy atom. The third-order valence-electron chi connectivity index (χ3n) is 6.32. The number of hydrogen-bond donors (Lipinski definition) is 0. The largest absolute Gasteiger partial charge is 0.417 e. The van der Waals surface area contributed by atoms with Crippen LogP contribution in [0.5, 0.6) is 0 Å². The second kappa shape index (κ2) is 9.07. The van der Waals surface area contributed by atoms with Crippen LogP contribution in [0.1, 0.15) is 65.1 Å². The van der Waals surface area contributed by atoms with E-state index in [-0.39, 0.29) is 17.6 Å². The van der Waals surface area contributed by atoms with Crippen LogP contribution in [0, 0.1) is 0 Å². The first-order chi connectivity index (χ1) is 16.7. The van der Waals surface area contributed by atoms with Crippen LogP contribution >= 0.6 is 11.3 Å². The molecular weight excluding hydrogens is 475 g/mol. The van der Waals surface area contributed by atoms with Gasteiger partial charge in [-0.2, -0.15) is 18.3 Å². The number of likely N-dealkylation sites (tertiary alicyclic amines) is 1. The van der Waals surface area contributed by atoms with E-state index in [1.807, 2.05) is 36.9 Å². The van der Waals surface area contributed by atoms with E-state index in [2.05, 4.69) is 16.1 Å². The summed E-state index contributed by atoms with van der Waals surface area (Å²) in [5.74, 6) is 0.367. The van der Waals surface area contributed by atoms with Gasteiger partial charge in [0.2, 0.25) is 0 Å². The number of rotatable bonds is 4. The Kier molecular flexibility index (Phi) is 6.08. The fourth-order valence-corrected chi connectivity index (χ4v) is 5.64. The van der Waals surface area contributed by atoms with Crippen molar-refractivity contribution in [2.45, 2.75) is 44.7 Å². The van der Waals surface area contributed by atoms with Gasteiger partial charge in [-0.3, -0.25) is 4.79 Å². The van der Waals surface area contributed by atoms with Crippen molar-refractivity contribution < 1.29 is 18.0 Å². The number of thiazole rings is 1. The smallest absolute Gasteiger partial charge is 0.338 e. The molecule has 0 N–H and O–H groups in total. The number of carbonyl (C=O) groups is 1. The molecule has 0 bridgehead atoms. The third-order valence-corrected chi connectivity index (χ3v) is 7.52. The van der Waals surface area contributed by atoms with Gasteiger partial charge in [-0.05, 0) is 43.0 Å². The first-order valence-electron chi connectivity index (χ1n) is 11.5. The molecule has 0 atom stereocenters. The standard InChI is InChI=1S/C25H24F3N5OS/c1-15(2)22-18(14-30-33(22)21-8-7-17(13-29-21)25(26,27)28)24(34)32-11-9-16(10-12-32)23-31-19-5-3-4-6-20(19)35-23/h3-8,13-16H,9-12H2,1-2H3. The molecule has 5 rings (SSSR count). The van der Waals surface area contributed by atoms with Crippen molar-refractivity contribution in [1.29, 1.82) is 0 Å². The Bertz CT molecular complexity index is 1320. The lowest BCUT2D eigenvalue weighted by atomic mass is 9.96. The highest BCUT2D eigenvalue weighted by Gasteiger charge is 2.32. The number of pyridine rings is 1. The molecular formula is C25H24F3N5OS. The topological polar surface area (TPSA) is 63.9 Å². The fourth-order valence-electron chi connectivity index (χ4n) is 4.50. The highest BCUT2D eigenvalue weighted by Crippen LogP contribution is 2.35. The van der Waals surface area contributed by atoms with Gasteiger partial charge in [0.05, 0.1) is 38.2 Å². The molecule has 4 heterocycles. The number of nitrogens with zero attached hydrogens (tertiary/aromatic N) is 5. The maximum absolute atomic E-state index is 13.4. The fraction of sp³-hybridized carbons (Fsp3) is 0.360. The highest BCUT2D eigenvalue weighted by molar-refractivity contribution is 7.18. The summed E-state index contributed by atoms with van der Waals surface area (Å²) < 4.78 is 41.4. The average molecular weight is 500 g/mol. The van der Waals surface area contributed by atoms with Crippen molar-refractivity contribution in [3.63, 3.8) is 0 Å². The van der Waals surface area contributed by atoms with Gasteiger partial charge in [-0.15, -0.1) is 11.3 Å². The Balaban J connectivity index is 1.34. The minimum atomic E-state index is -4.46. The van der Waals surface area contributed by atoms with Crippen molar-refractivity contribution in [1.82, 2.24) is 24.6 Å².